The van der Waals surface area contributed by atoms with E-state index in [1.54, 1.807) is 6.34 Å². The number of para-hydroxylation sites is 1. The molecule has 2 aliphatic rings. The molecule has 27 heavy (non-hydrogen) atoms. The molecule has 5 nitrogen and oxygen atoms in total. The molecule has 0 bridgehead atoms. The molecule has 0 radical (unpaired) electrons. The summed E-state index contributed by atoms with van der Waals surface area (Å²) in [6.45, 7) is 0.585. The second kappa shape index (κ2) is 7.50. The van der Waals surface area contributed by atoms with Crippen LogP contribution in [-0.4, -0.2) is 18.4 Å². The van der Waals surface area contributed by atoms with Crippen LogP contribution in [0.25, 0.3) is 0 Å². The number of aliphatic imine (C=N–C) groups is 1. The molecule has 2 aromatic carbocycles. The molecule has 1 unspecified atom stereocenters. The Kier molecular flexibility index (Phi) is 5.08. The smallest absolute Gasteiger partial charge is 0.215 e. The SMILES string of the molecule is NCC1(NC2(Nc3ccc(Cl)cc3)N=CNc3ccccc32)CCCCC1. The first kappa shape index (κ1) is 18.3. The summed E-state index contributed by atoms with van der Waals surface area (Å²) >= 11 is 6.07. The maximum absolute atomic E-state index is 6.27. The van der Waals surface area contributed by atoms with E-state index in [-0.39, 0.29) is 5.54 Å². The van der Waals surface area contributed by atoms with Crippen LogP contribution >= 0.6 is 11.6 Å². The van der Waals surface area contributed by atoms with Crippen LogP contribution in [0.3, 0.4) is 0 Å². The number of benzene rings is 2. The van der Waals surface area contributed by atoms with Gasteiger partial charge in [-0.05, 0) is 43.2 Å². The minimum Gasteiger partial charge on any atom is -0.346 e. The second-order valence-electron chi connectivity index (χ2n) is 7.46. The van der Waals surface area contributed by atoms with Crippen LogP contribution in [0.5, 0.6) is 0 Å². The molecule has 0 aromatic heterocycles. The molecule has 6 heteroatoms. The molecule has 1 aliphatic heterocycles. The summed E-state index contributed by atoms with van der Waals surface area (Å²) in [4.78, 5) is 4.86. The number of hydrogen-bond acceptors (Lipinski definition) is 5. The minimum absolute atomic E-state index is 0.139. The molecule has 0 amide bonds. The van der Waals surface area contributed by atoms with Crippen molar-refractivity contribution >= 4 is 29.3 Å². The summed E-state index contributed by atoms with van der Waals surface area (Å²) in [6, 6.07) is 15.9. The minimum atomic E-state index is -0.785. The van der Waals surface area contributed by atoms with E-state index in [4.69, 9.17) is 22.3 Å². The van der Waals surface area contributed by atoms with Gasteiger partial charge in [0.1, 0.15) is 0 Å². The Balaban J connectivity index is 1.76. The summed E-state index contributed by atoms with van der Waals surface area (Å²) in [6.07, 6.45) is 7.50. The first-order chi connectivity index (χ1) is 13.1. The van der Waals surface area contributed by atoms with Crippen LogP contribution in [0.4, 0.5) is 11.4 Å². The number of halogens is 1. The van der Waals surface area contributed by atoms with Crippen LogP contribution in [-0.2, 0) is 5.79 Å². The summed E-state index contributed by atoms with van der Waals surface area (Å²) in [5.41, 5.74) is 9.17. The monoisotopic (exact) mass is 383 g/mol. The Morgan fingerprint density at radius 3 is 2.52 bits per heavy atom. The molecule has 1 atom stereocenters. The number of rotatable bonds is 5. The maximum Gasteiger partial charge on any atom is 0.215 e. The molecule has 1 fully saturated rings. The molecule has 2 aromatic rings. The van der Waals surface area contributed by atoms with Gasteiger partial charge < -0.3 is 16.4 Å². The molecule has 5 N–H and O–H groups in total. The lowest BCUT2D eigenvalue weighted by Gasteiger charge is -2.46. The Morgan fingerprint density at radius 1 is 1.04 bits per heavy atom. The molecule has 4 rings (SSSR count). The lowest BCUT2D eigenvalue weighted by atomic mass is 9.80. The number of fused-ring (bicyclic) bond motifs is 1. The normalized spacial score (nSPS) is 23.3. The van der Waals surface area contributed by atoms with Gasteiger partial charge in [0.15, 0.2) is 0 Å². The van der Waals surface area contributed by atoms with Crippen molar-refractivity contribution in [3.63, 3.8) is 0 Å². The van der Waals surface area contributed by atoms with E-state index < -0.39 is 5.79 Å². The van der Waals surface area contributed by atoms with Crippen molar-refractivity contribution in [3.8, 4) is 0 Å². The highest BCUT2D eigenvalue weighted by Gasteiger charge is 2.43. The fourth-order valence-electron chi connectivity index (χ4n) is 4.16. The highest BCUT2D eigenvalue weighted by molar-refractivity contribution is 6.30. The molecule has 0 spiro atoms. The number of nitrogens with two attached hydrogens (primary N) is 1. The van der Waals surface area contributed by atoms with Gasteiger partial charge in [-0.3, -0.25) is 5.32 Å². The molecule has 142 valence electrons. The van der Waals surface area contributed by atoms with Gasteiger partial charge in [-0.15, -0.1) is 0 Å². The van der Waals surface area contributed by atoms with Gasteiger partial charge >= 0.3 is 0 Å². The van der Waals surface area contributed by atoms with Gasteiger partial charge in [-0.2, -0.15) is 0 Å². The van der Waals surface area contributed by atoms with Crippen LogP contribution in [0.2, 0.25) is 5.02 Å². The van der Waals surface area contributed by atoms with E-state index in [0.29, 0.717) is 11.6 Å². The average Bonchev–Trinajstić information content (AvgIpc) is 2.71. The molecule has 1 aliphatic carbocycles. The fourth-order valence-corrected chi connectivity index (χ4v) is 4.28. The summed E-state index contributed by atoms with van der Waals surface area (Å²) in [5.74, 6) is -0.785. The van der Waals surface area contributed by atoms with E-state index in [1.165, 1.54) is 19.3 Å². The van der Waals surface area contributed by atoms with Crippen molar-refractivity contribution in [1.29, 1.82) is 0 Å². The topological polar surface area (TPSA) is 74.5 Å². The van der Waals surface area contributed by atoms with E-state index in [9.17, 15) is 0 Å². The van der Waals surface area contributed by atoms with Gasteiger partial charge in [0.25, 0.3) is 0 Å². The third-order valence-electron chi connectivity index (χ3n) is 5.61. The van der Waals surface area contributed by atoms with Crippen molar-refractivity contribution in [2.24, 2.45) is 10.7 Å². The van der Waals surface area contributed by atoms with Crippen molar-refractivity contribution in [2.75, 3.05) is 17.2 Å². The van der Waals surface area contributed by atoms with Crippen molar-refractivity contribution in [3.05, 3.63) is 59.1 Å². The third-order valence-corrected chi connectivity index (χ3v) is 5.86. The van der Waals surface area contributed by atoms with Gasteiger partial charge in [0.2, 0.25) is 5.79 Å². The molecule has 0 saturated heterocycles. The quantitative estimate of drug-likeness (QED) is 0.582. The lowest BCUT2D eigenvalue weighted by Crippen LogP contribution is -2.63. The van der Waals surface area contributed by atoms with E-state index in [1.807, 2.05) is 36.4 Å². The van der Waals surface area contributed by atoms with Crippen molar-refractivity contribution < 1.29 is 0 Å². The highest BCUT2D eigenvalue weighted by atomic mass is 35.5. The zero-order valence-electron chi connectivity index (χ0n) is 15.3. The average molecular weight is 384 g/mol. The number of nitrogens with zero attached hydrogens (tertiary/aromatic N) is 1. The zero-order chi connectivity index (χ0) is 18.7. The standard InChI is InChI=1S/C21H26ClN5/c22-16-8-10-17(11-9-16)26-21(27-20(14-23)12-4-1-5-13-20)18-6-2-3-7-19(18)24-15-25-21/h2-3,6-11,15,26-27H,1,4-5,12-14,23H2,(H,24,25). The van der Waals surface area contributed by atoms with Crippen LogP contribution in [0.15, 0.2) is 53.5 Å². The third kappa shape index (κ3) is 3.68. The Labute approximate surface area is 165 Å². The van der Waals surface area contributed by atoms with Gasteiger partial charge in [-0.1, -0.05) is 49.1 Å². The molecule has 1 heterocycles. The highest BCUT2D eigenvalue weighted by Crippen LogP contribution is 2.38. The predicted octanol–water partition coefficient (Wildman–Crippen LogP) is 4.27. The molecular formula is C21H26ClN5. The Bertz CT molecular complexity index is 814. The van der Waals surface area contributed by atoms with E-state index in [2.05, 4.69) is 28.1 Å². The maximum atomic E-state index is 6.27. The van der Waals surface area contributed by atoms with Crippen molar-refractivity contribution in [2.45, 2.75) is 43.4 Å². The Hall–Kier alpha value is -2.08. The predicted molar refractivity (Wildman–Crippen MR) is 113 cm³/mol. The summed E-state index contributed by atoms with van der Waals surface area (Å²) in [5, 5.41) is 11.4. The largest absolute Gasteiger partial charge is 0.346 e. The van der Waals surface area contributed by atoms with Crippen molar-refractivity contribution in [1.82, 2.24) is 5.32 Å². The second-order valence-corrected chi connectivity index (χ2v) is 7.90. The lowest BCUT2D eigenvalue weighted by molar-refractivity contribution is 0.177. The Morgan fingerprint density at radius 2 is 1.78 bits per heavy atom. The first-order valence-electron chi connectivity index (χ1n) is 9.58. The van der Waals surface area contributed by atoms with Gasteiger partial charge in [0.05, 0.1) is 6.34 Å². The van der Waals surface area contributed by atoms with E-state index >= 15 is 0 Å². The number of hydrogen-bond donors (Lipinski definition) is 4. The summed E-state index contributed by atoms with van der Waals surface area (Å²) in [7, 11) is 0. The van der Waals surface area contributed by atoms with Crippen LogP contribution in [0.1, 0.15) is 37.7 Å². The number of nitrogens with one attached hydrogen (secondary N) is 3. The van der Waals surface area contributed by atoms with Crippen LogP contribution in [0, 0.1) is 0 Å². The van der Waals surface area contributed by atoms with E-state index in [0.717, 1.165) is 29.8 Å². The zero-order valence-corrected chi connectivity index (χ0v) is 16.1. The fraction of sp³-hybridized carbons (Fsp3) is 0.381. The molecular weight excluding hydrogens is 358 g/mol. The van der Waals surface area contributed by atoms with Gasteiger partial charge in [-0.25, -0.2) is 4.99 Å². The summed E-state index contributed by atoms with van der Waals surface area (Å²) < 4.78 is 0. The van der Waals surface area contributed by atoms with Gasteiger partial charge in [0, 0.05) is 34.0 Å². The van der Waals surface area contributed by atoms with Crippen LogP contribution < -0.4 is 21.7 Å². The number of anilines is 2. The first-order valence-corrected chi connectivity index (χ1v) is 9.96. The molecule has 1 saturated carbocycles.